The van der Waals surface area contributed by atoms with E-state index in [2.05, 4.69) is 104 Å². The standard InChI is InChI=1S/C28H35N5/c1-21(2)32(22(3)4)17-15-27-26(19-24-9-7-6-8-10-24)30-28(31-18-16-29-20-31)33(27)25-13-11-23(5)12-14-25/h6-14,16,18,20-22H,15,17,19H2,1-5H3. The van der Waals surface area contributed by atoms with Gasteiger partial charge >= 0.3 is 0 Å². The van der Waals surface area contributed by atoms with Gasteiger partial charge in [-0.25, -0.2) is 9.97 Å². The molecular formula is C28H35N5. The van der Waals surface area contributed by atoms with Gasteiger partial charge in [-0.15, -0.1) is 0 Å². The zero-order chi connectivity index (χ0) is 23.4. The minimum absolute atomic E-state index is 0.492. The molecule has 33 heavy (non-hydrogen) atoms. The molecular weight excluding hydrogens is 406 g/mol. The summed E-state index contributed by atoms with van der Waals surface area (Å²) in [7, 11) is 0. The van der Waals surface area contributed by atoms with Crippen LogP contribution in [-0.4, -0.2) is 42.6 Å². The van der Waals surface area contributed by atoms with Gasteiger partial charge in [0.25, 0.3) is 0 Å². The minimum Gasteiger partial charge on any atom is -0.298 e. The molecule has 0 aliphatic carbocycles. The van der Waals surface area contributed by atoms with Gasteiger partial charge in [0.15, 0.2) is 0 Å². The van der Waals surface area contributed by atoms with Crippen LogP contribution in [0.4, 0.5) is 0 Å². The zero-order valence-corrected chi connectivity index (χ0v) is 20.4. The summed E-state index contributed by atoms with van der Waals surface area (Å²) in [4.78, 5) is 12.0. The summed E-state index contributed by atoms with van der Waals surface area (Å²) in [6, 6.07) is 20.3. The number of aromatic nitrogens is 4. The van der Waals surface area contributed by atoms with Gasteiger partial charge in [-0.3, -0.25) is 14.0 Å². The monoisotopic (exact) mass is 441 g/mol. The van der Waals surface area contributed by atoms with Crippen LogP contribution >= 0.6 is 0 Å². The molecule has 4 aromatic rings. The number of imidazole rings is 2. The largest absolute Gasteiger partial charge is 0.298 e. The van der Waals surface area contributed by atoms with E-state index >= 15 is 0 Å². The Morgan fingerprint density at radius 3 is 2.21 bits per heavy atom. The number of rotatable bonds is 9. The van der Waals surface area contributed by atoms with E-state index in [4.69, 9.17) is 4.98 Å². The van der Waals surface area contributed by atoms with Crippen molar-refractivity contribution in [3.8, 4) is 11.6 Å². The third kappa shape index (κ3) is 5.25. The molecule has 0 amide bonds. The molecule has 0 radical (unpaired) electrons. The number of benzene rings is 2. The Labute approximate surface area is 197 Å². The van der Waals surface area contributed by atoms with Crippen LogP contribution in [0.1, 0.15) is 50.2 Å². The van der Waals surface area contributed by atoms with Gasteiger partial charge in [-0.05, 0) is 52.3 Å². The summed E-state index contributed by atoms with van der Waals surface area (Å²) in [6.45, 7) is 12.2. The topological polar surface area (TPSA) is 38.9 Å². The van der Waals surface area contributed by atoms with Crippen LogP contribution in [0.2, 0.25) is 0 Å². The summed E-state index contributed by atoms with van der Waals surface area (Å²) in [5.74, 6) is 0.887. The van der Waals surface area contributed by atoms with Crippen LogP contribution in [0.5, 0.6) is 0 Å². The van der Waals surface area contributed by atoms with E-state index in [1.807, 2.05) is 23.3 Å². The number of nitrogens with zero attached hydrogens (tertiary/aromatic N) is 5. The normalized spacial score (nSPS) is 11.8. The van der Waals surface area contributed by atoms with Crippen LogP contribution in [-0.2, 0) is 12.8 Å². The van der Waals surface area contributed by atoms with Crippen LogP contribution in [0.25, 0.3) is 11.6 Å². The van der Waals surface area contributed by atoms with Crippen LogP contribution < -0.4 is 0 Å². The quantitative estimate of drug-likeness (QED) is 0.338. The van der Waals surface area contributed by atoms with Crippen molar-refractivity contribution in [3.05, 3.63) is 95.8 Å². The van der Waals surface area contributed by atoms with Gasteiger partial charge in [-0.1, -0.05) is 48.0 Å². The summed E-state index contributed by atoms with van der Waals surface area (Å²) in [5, 5.41) is 0. The van der Waals surface area contributed by atoms with Crippen molar-refractivity contribution in [3.63, 3.8) is 0 Å². The van der Waals surface area contributed by atoms with E-state index < -0.39 is 0 Å². The van der Waals surface area contributed by atoms with Crippen molar-refractivity contribution in [2.24, 2.45) is 0 Å². The van der Waals surface area contributed by atoms with E-state index in [1.165, 1.54) is 16.8 Å². The maximum Gasteiger partial charge on any atom is 0.220 e. The first-order valence-electron chi connectivity index (χ1n) is 11.9. The molecule has 2 aromatic carbocycles. The lowest BCUT2D eigenvalue weighted by Gasteiger charge is -2.30. The summed E-state index contributed by atoms with van der Waals surface area (Å²) in [6.07, 6.45) is 7.34. The van der Waals surface area contributed by atoms with Gasteiger partial charge in [0.05, 0.1) is 5.69 Å². The van der Waals surface area contributed by atoms with Crippen molar-refractivity contribution in [2.75, 3.05) is 6.54 Å². The molecule has 0 bridgehead atoms. The summed E-state index contributed by atoms with van der Waals surface area (Å²) < 4.78 is 4.33. The first-order valence-corrected chi connectivity index (χ1v) is 11.9. The SMILES string of the molecule is Cc1ccc(-n2c(-n3ccnc3)nc(Cc3ccccc3)c2CCN(C(C)C)C(C)C)cc1. The Morgan fingerprint density at radius 1 is 0.909 bits per heavy atom. The fraction of sp³-hybridized carbons (Fsp3) is 0.357. The molecule has 0 saturated carbocycles. The van der Waals surface area contributed by atoms with Crippen molar-refractivity contribution in [1.29, 1.82) is 0 Å². The number of aryl methyl sites for hydroxylation is 1. The molecule has 172 valence electrons. The summed E-state index contributed by atoms with van der Waals surface area (Å²) in [5.41, 5.74) is 6.04. The van der Waals surface area contributed by atoms with E-state index in [-0.39, 0.29) is 0 Å². The second-order valence-electron chi connectivity index (χ2n) is 9.28. The lowest BCUT2D eigenvalue weighted by Crippen LogP contribution is -2.38. The highest BCUT2D eigenvalue weighted by Crippen LogP contribution is 2.25. The minimum atomic E-state index is 0.492. The smallest absolute Gasteiger partial charge is 0.220 e. The van der Waals surface area contributed by atoms with Crippen molar-refractivity contribution in [1.82, 2.24) is 24.0 Å². The average Bonchev–Trinajstić information content (AvgIpc) is 3.43. The van der Waals surface area contributed by atoms with Gasteiger partial charge in [0.1, 0.15) is 6.33 Å². The second-order valence-corrected chi connectivity index (χ2v) is 9.28. The van der Waals surface area contributed by atoms with Gasteiger partial charge < -0.3 is 0 Å². The molecule has 4 rings (SSSR count). The van der Waals surface area contributed by atoms with E-state index in [9.17, 15) is 0 Å². The van der Waals surface area contributed by atoms with Gasteiger partial charge in [0, 0.05) is 55.2 Å². The molecule has 2 aromatic heterocycles. The highest BCUT2D eigenvalue weighted by atomic mass is 15.3. The maximum absolute atomic E-state index is 5.18. The Morgan fingerprint density at radius 2 is 1.61 bits per heavy atom. The van der Waals surface area contributed by atoms with Crippen LogP contribution in [0.15, 0.2) is 73.3 Å². The molecule has 0 aliphatic heterocycles. The first kappa shape index (κ1) is 23.0. The third-order valence-corrected chi connectivity index (χ3v) is 6.21. The fourth-order valence-electron chi connectivity index (χ4n) is 4.54. The number of hydrogen-bond acceptors (Lipinski definition) is 3. The first-order chi connectivity index (χ1) is 15.9. The molecule has 0 N–H and O–H groups in total. The Bertz CT molecular complexity index is 1130. The van der Waals surface area contributed by atoms with Crippen molar-refractivity contribution >= 4 is 0 Å². The Hall–Kier alpha value is -3.18. The van der Waals surface area contributed by atoms with Crippen LogP contribution in [0, 0.1) is 6.92 Å². The lowest BCUT2D eigenvalue weighted by atomic mass is 10.1. The number of hydrogen-bond donors (Lipinski definition) is 0. The molecule has 0 fully saturated rings. The predicted molar refractivity (Wildman–Crippen MR) is 135 cm³/mol. The highest BCUT2D eigenvalue weighted by Gasteiger charge is 2.22. The highest BCUT2D eigenvalue weighted by molar-refractivity contribution is 5.44. The molecule has 0 saturated heterocycles. The van der Waals surface area contributed by atoms with Crippen molar-refractivity contribution < 1.29 is 0 Å². The zero-order valence-electron chi connectivity index (χ0n) is 20.4. The molecule has 0 unspecified atom stereocenters. The fourth-order valence-corrected chi connectivity index (χ4v) is 4.54. The molecule has 0 atom stereocenters. The average molecular weight is 442 g/mol. The maximum atomic E-state index is 5.18. The van der Waals surface area contributed by atoms with E-state index in [0.29, 0.717) is 12.1 Å². The lowest BCUT2D eigenvalue weighted by molar-refractivity contribution is 0.176. The van der Waals surface area contributed by atoms with E-state index in [0.717, 1.165) is 36.7 Å². The third-order valence-electron chi connectivity index (χ3n) is 6.21. The van der Waals surface area contributed by atoms with Crippen molar-refractivity contribution in [2.45, 2.75) is 59.5 Å². The molecule has 0 spiro atoms. The predicted octanol–water partition coefficient (Wildman–Crippen LogP) is 5.62. The van der Waals surface area contributed by atoms with Gasteiger partial charge in [-0.2, -0.15) is 0 Å². The molecule has 5 nitrogen and oxygen atoms in total. The van der Waals surface area contributed by atoms with E-state index in [1.54, 1.807) is 0 Å². The Balaban J connectivity index is 1.84. The molecule has 2 heterocycles. The molecule has 0 aliphatic rings. The molecule has 5 heteroatoms. The van der Waals surface area contributed by atoms with Gasteiger partial charge in [0.2, 0.25) is 5.95 Å². The summed E-state index contributed by atoms with van der Waals surface area (Å²) >= 11 is 0. The Kier molecular flexibility index (Phi) is 7.09. The second kappa shape index (κ2) is 10.2. The van der Waals surface area contributed by atoms with Crippen LogP contribution in [0.3, 0.4) is 0 Å².